The topological polar surface area (TPSA) is 117 Å². The van der Waals surface area contributed by atoms with Crippen LogP contribution >= 0.6 is 0 Å². The van der Waals surface area contributed by atoms with Crippen molar-refractivity contribution in [1.29, 1.82) is 0 Å². The molecule has 0 radical (unpaired) electrons. The molecule has 5 N–H and O–H groups in total. The highest BCUT2D eigenvalue weighted by atomic mass is 16.5. The molecule has 0 aromatic heterocycles. The van der Waals surface area contributed by atoms with Gasteiger partial charge >= 0.3 is 0 Å². The van der Waals surface area contributed by atoms with Crippen molar-refractivity contribution in [1.82, 2.24) is 4.90 Å². The molecule has 0 bridgehead atoms. The number of nitrogen functional groups attached to an aromatic ring is 1. The minimum Gasteiger partial charge on any atom is -0.399 e. The molecule has 3 aliphatic heterocycles. The summed E-state index contributed by atoms with van der Waals surface area (Å²) in [6, 6.07) is 24.6. The molecule has 3 aromatic rings. The number of hydrogen-bond donors (Lipinski definition) is 3. The van der Waals surface area contributed by atoms with Gasteiger partial charge in [-0.25, -0.2) is 0 Å². The zero-order chi connectivity index (χ0) is 32.4. The number of rotatable bonds is 7. The molecule has 3 saturated heterocycles. The third-order valence-electron chi connectivity index (χ3n) is 9.83. The van der Waals surface area contributed by atoms with Gasteiger partial charge in [0.1, 0.15) is 6.04 Å². The lowest BCUT2D eigenvalue weighted by molar-refractivity contribution is -0.139. The van der Waals surface area contributed by atoms with Crippen molar-refractivity contribution in [3.05, 3.63) is 83.9 Å². The van der Waals surface area contributed by atoms with Crippen molar-refractivity contribution in [2.45, 2.75) is 70.6 Å². The Labute approximate surface area is 272 Å². The lowest BCUT2D eigenvalue weighted by Gasteiger charge is -2.34. The summed E-state index contributed by atoms with van der Waals surface area (Å²) in [5.41, 5.74) is 18.3. The Kier molecular flexibility index (Phi) is 9.25. The van der Waals surface area contributed by atoms with Crippen LogP contribution < -0.4 is 26.6 Å². The van der Waals surface area contributed by atoms with Crippen LogP contribution in [0.3, 0.4) is 0 Å². The molecule has 3 heterocycles. The molecular formula is C37H48N6O3. The molecule has 9 heteroatoms. The number of likely N-dealkylation sites (tertiary alicyclic amines) is 1. The number of nitrogens with zero attached hydrogens (tertiary/aromatic N) is 3. The van der Waals surface area contributed by atoms with E-state index in [1.54, 1.807) is 4.90 Å². The second-order valence-electron chi connectivity index (χ2n) is 13.9. The predicted molar refractivity (Wildman–Crippen MR) is 185 cm³/mol. The molecule has 244 valence electrons. The highest BCUT2D eigenvalue weighted by Crippen LogP contribution is 2.47. The first-order valence-corrected chi connectivity index (χ1v) is 16.6. The lowest BCUT2D eigenvalue weighted by atomic mass is 9.86. The first kappa shape index (κ1) is 31.9. The Hall–Kier alpha value is -4.08. The fourth-order valence-electron chi connectivity index (χ4n) is 7.07. The van der Waals surface area contributed by atoms with Crippen molar-refractivity contribution in [2.24, 2.45) is 11.1 Å². The smallest absolute Gasteiger partial charge is 0.247 e. The molecule has 0 unspecified atom stereocenters. The van der Waals surface area contributed by atoms with Gasteiger partial charge < -0.3 is 36.2 Å². The maximum atomic E-state index is 13.4. The van der Waals surface area contributed by atoms with Gasteiger partial charge in [-0.2, -0.15) is 0 Å². The molecule has 6 rings (SSSR count). The van der Waals surface area contributed by atoms with Crippen molar-refractivity contribution < 1.29 is 14.3 Å². The van der Waals surface area contributed by atoms with E-state index in [0.717, 1.165) is 56.9 Å². The molecule has 9 nitrogen and oxygen atoms in total. The molecular weight excluding hydrogens is 576 g/mol. The van der Waals surface area contributed by atoms with E-state index in [1.807, 2.05) is 45.0 Å². The molecule has 3 aromatic carbocycles. The minimum atomic E-state index is -0.651. The van der Waals surface area contributed by atoms with Crippen LogP contribution in [-0.4, -0.2) is 61.6 Å². The number of nitrogens with two attached hydrogens (primary N) is 2. The van der Waals surface area contributed by atoms with E-state index in [0.29, 0.717) is 13.0 Å². The average Bonchev–Trinajstić information content (AvgIpc) is 3.74. The number of hydrogen-bond acceptors (Lipinski definition) is 7. The first-order chi connectivity index (χ1) is 22.1. The third-order valence-corrected chi connectivity index (χ3v) is 9.83. The zero-order valence-corrected chi connectivity index (χ0v) is 27.3. The number of anilines is 4. The summed E-state index contributed by atoms with van der Waals surface area (Å²) in [7, 11) is 0. The molecule has 0 saturated carbocycles. The Bertz CT molecular complexity index is 1500. The SMILES string of the molecule is CC(C)(C)[C@H](N)C(=O)N1CCC[C@H]1C(=O)Nc1ccc([C@@H]2CC[C@@H](c3ccc(N)cc3)N2c2ccc(N3CCOCC3)cc2)cc1. The van der Waals surface area contributed by atoms with E-state index >= 15 is 0 Å². The summed E-state index contributed by atoms with van der Waals surface area (Å²) in [6.07, 6.45) is 3.44. The summed E-state index contributed by atoms with van der Waals surface area (Å²) in [6.45, 7) is 9.73. The Balaban J connectivity index is 1.20. The van der Waals surface area contributed by atoms with Crippen LogP contribution in [-0.2, 0) is 14.3 Å². The standard InChI is InChI=1S/C37H48N6O3/c1-37(2,3)34(39)36(45)42-20-4-5-33(42)35(44)40-28-12-8-26(9-13-28)32-19-18-31(25-6-10-27(38)11-7-25)43(32)30-16-14-29(15-17-30)41-21-23-46-24-22-41/h6-17,31-34H,4-5,18-24,38-39H2,1-3H3,(H,40,44)/t31-,32-,33-,34+/m0/s1. The van der Waals surface area contributed by atoms with E-state index in [-0.39, 0.29) is 29.3 Å². The number of morpholine rings is 1. The molecule has 2 amide bonds. The van der Waals surface area contributed by atoms with E-state index in [4.69, 9.17) is 16.2 Å². The van der Waals surface area contributed by atoms with Gasteiger partial charge in [0.15, 0.2) is 0 Å². The quantitative estimate of drug-likeness (QED) is 0.298. The summed E-state index contributed by atoms with van der Waals surface area (Å²) in [5, 5.41) is 3.07. The molecule has 3 fully saturated rings. The fourth-order valence-corrected chi connectivity index (χ4v) is 7.07. The highest BCUT2D eigenvalue weighted by molar-refractivity contribution is 5.98. The molecule has 3 aliphatic rings. The van der Waals surface area contributed by atoms with Gasteiger partial charge in [-0.15, -0.1) is 0 Å². The van der Waals surface area contributed by atoms with Crippen molar-refractivity contribution >= 4 is 34.6 Å². The van der Waals surface area contributed by atoms with Gasteiger partial charge in [0.25, 0.3) is 0 Å². The molecule has 4 atom stereocenters. The number of benzene rings is 3. The van der Waals surface area contributed by atoms with Gasteiger partial charge in [0, 0.05) is 42.4 Å². The summed E-state index contributed by atoms with van der Waals surface area (Å²) >= 11 is 0. The van der Waals surface area contributed by atoms with Crippen LogP contribution in [0.1, 0.15) is 69.7 Å². The minimum absolute atomic E-state index is 0.157. The van der Waals surface area contributed by atoms with Crippen LogP contribution in [0.2, 0.25) is 0 Å². The second kappa shape index (κ2) is 13.3. The van der Waals surface area contributed by atoms with Gasteiger partial charge in [0.05, 0.1) is 31.3 Å². The summed E-state index contributed by atoms with van der Waals surface area (Å²) in [5.74, 6) is -0.318. The van der Waals surface area contributed by atoms with Crippen LogP contribution in [0.15, 0.2) is 72.8 Å². The first-order valence-electron chi connectivity index (χ1n) is 16.6. The van der Waals surface area contributed by atoms with Gasteiger partial charge in [-0.3, -0.25) is 9.59 Å². The maximum Gasteiger partial charge on any atom is 0.247 e. The number of carbonyl (C=O) groups excluding carboxylic acids is 2. The number of carbonyl (C=O) groups is 2. The lowest BCUT2D eigenvalue weighted by Crippen LogP contribution is -2.54. The van der Waals surface area contributed by atoms with E-state index in [9.17, 15) is 9.59 Å². The van der Waals surface area contributed by atoms with E-state index in [2.05, 4.69) is 63.6 Å². The average molecular weight is 625 g/mol. The number of nitrogens with one attached hydrogen (secondary N) is 1. The number of ether oxygens (including phenoxy) is 1. The predicted octanol–water partition coefficient (Wildman–Crippen LogP) is 5.49. The molecule has 46 heavy (non-hydrogen) atoms. The largest absolute Gasteiger partial charge is 0.399 e. The van der Waals surface area contributed by atoms with Gasteiger partial charge in [-0.1, -0.05) is 45.0 Å². The van der Waals surface area contributed by atoms with Crippen molar-refractivity contribution in [3.8, 4) is 0 Å². The molecule has 0 spiro atoms. The van der Waals surface area contributed by atoms with Crippen LogP contribution in [0.4, 0.5) is 22.7 Å². The normalized spacial score (nSPS) is 22.6. The van der Waals surface area contributed by atoms with Crippen LogP contribution in [0.5, 0.6) is 0 Å². The summed E-state index contributed by atoms with van der Waals surface area (Å²) in [4.78, 5) is 33.1. The van der Waals surface area contributed by atoms with E-state index < -0.39 is 12.1 Å². The van der Waals surface area contributed by atoms with Gasteiger partial charge in [-0.05, 0) is 90.8 Å². The highest BCUT2D eigenvalue weighted by Gasteiger charge is 2.40. The number of amides is 2. The second-order valence-corrected chi connectivity index (χ2v) is 13.9. The fraction of sp³-hybridized carbons (Fsp3) is 0.459. The Morgan fingerprint density at radius 2 is 1.37 bits per heavy atom. The van der Waals surface area contributed by atoms with E-state index in [1.165, 1.54) is 22.5 Å². The van der Waals surface area contributed by atoms with Gasteiger partial charge in [0.2, 0.25) is 11.8 Å². The molecule has 0 aliphatic carbocycles. The monoisotopic (exact) mass is 624 g/mol. The Morgan fingerprint density at radius 3 is 1.96 bits per heavy atom. The Morgan fingerprint density at radius 1 is 0.804 bits per heavy atom. The van der Waals surface area contributed by atoms with Crippen LogP contribution in [0, 0.1) is 5.41 Å². The summed E-state index contributed by atoms with van der Waals surface area (Å²) < 4.78 is 5.55. The van der Waals surface area contributed by atoms with Crippen LogP contribution in [0.25, 0.3) is 0 Å². The maximum absolute atomic E-state index is 13.4. The van der Waals surface area contributed by atoms with Crippen molar-refractivity contribution in [2.75, 3.05) is 53.7 Å². The van der Waals surface area contributed by atoms with Crippen molar-refractivity contribution in [3.63, 3.8) is 0 Å². The zero-order valence-electron chi connectivity index (χ0n) is 27.3. The third kappa shape index (κ3) is 6.71.